The van der Waals surface area contributed by atoms with E-state index in [2.05, 4.69) is 10.2 Å². The largest absolute Gasteiger partial charge is 0.310 e. The van der Waals surface area contributed by atoms with Crippen LogP contribution in [0.4, 0.5) is 5.69 Å². The monoisotopic (exact) mass is 275 g/mol. The third-order valence-corrected chi connectivity index (χ3v) is 4.36. The highest BCUT2D eigenvalue weighted by atomic mass is 16.6. The van der Waals surface area contributed by atoms with E-state index >= 15 is 0 Å². The highest BCUT2D eigenvalue weighted by Gasteiger charge is 2.31. The van der Waals surface area contributed by atoms with Gasteiger partial charge in [-0.05, 0) is 38.8 Å². The van der Waals surface area contributed by atoms with E-state index in [0.717, 1.165) is 24.4 Å². The zero-order valence-electron chi connectivity index (χ0n) is 11.6. The summed E-state index contributed by atoms with van der Waals surface area (Å²) in [5.74, 6) is 0. The van der Waals surface area contributed by atoms with Crippen LogP contribution >= 0.6 is 0 Å². The van der Waals surface area contributed by atoms with Gasteiger partial charge in [0.1, 0.15) is 0 Å². The smallest absolute Gasteiger partial charge is 0.273 e. The highest BCUT2D eigenvalue weighted by Crippen LogP contribution is 2.29. The molecular formula is C15H21N3O2. The fourth-order valence-electron chi connectivity index (χ4n) is 3.00. The van der Waals surface area contributed by atoms with Gasteiger partial charge in [0.05, 0.1) is 4.92 Å². The van der Waals surface area contributed by atoms with Crippen LogP contribution < -0.4 is 5.32 Å². The van der Waals surface area contributed by atoms with Gasteiger partial charge in [0.2, 0.25) is 0 Å². The van der Waals surface area contributed by atoms with E-state index in [-0.39, 0.29) is 10.6 Å². The zero-order chi connectivity index (χ0) is 13.9. The molecular weight excluding hydrogens is 254 g/mol. The van der Waals surface area contributed by atoms with Crippen LogP contribution in [0.15, 0.2) is 24.3 Å². The molecule has 3 rings (SSSR count). The van der Waals surface area contributed by atoms with Crippen LogP contribution in [0.1, 0.15) is 31.2 Å². The number of para-hydroxylation sites is 1. The first-order valence-corrected chi connectivity index (χ1v) is 7.44. The number of likely N-dealkylation sites (tertiary alicyclic amines) is 1. The van der Waals surface area contributed by atoms with E-state index in [1.54, 1.807) is 12.1 Å². The normalized spacial score (nSPS) is 21.0. The van der Waals surface area contributed by atoms with Crippen LogP contribution in [0, 0.1) is 10.1 Å². The van der Waals surface area contributed by atoms with Gasteiger partial charge in [-0.2, -0.15) is 0 Å². The lowest BCUT2D eigenvalue weighted by Crippen LogP contribution is -2.43. The summed E-state index contributed by atoms with van der Waals surface area (Å²) >= 11 is 0. The molecule has 0 spiro atoms. The maximum Gasteiger partial charge on any atom is 0.273 e. The number of rotatable bonds is 5. The molecule has 20 heavy (non-hydrogen) atoms. The average Bonchev–Trinajstić information content (AvgIpc) is 3.30. The number of nitro groups is 1. The molecule has 0 aromatic heterocycles. The molecule has 1 aliphatic carbocycles. The van der Waals surface area contributed by atoms with Crippen LogP contribution in [-0.2, 0) is 6.54 Å². The predicted octanol–water partition coefficient (Wildman–Crippen LogP) is 2.31. The topological polar surface area (TPSA) is 58.4 Å². The summed E-state index contributed by atoms with van der Waals surface area (Å²) in [6, 6.07) is 8.34. The van der Waals surface area contributed by atoms with E-state index in [1.807, 2.05) is 12.1 Å². The fraction of sp³-hybridized carbons (Fsp3) is 0.600. The third-order valence-electron chi connectivity index (χ3n) is 4.36. The van der Waals surface area contributed by atoms with Crippen molar-refractivity contribution in [3.05, 3.63) is 39.9 Å². The first-order chi connectivity index (χ1) is 9.74. The van der Waals surface area contributed by atoms with Gasteiger partial charge in [-0.1, -0.05) is 18.2 Å². The lowest BCUT2D eigenvalue weighted by molar-refractivity contribution is -0.385. The molecule has 1 N–H and O–H groups in total. The van der Waals surface area contributed by atoms with Crippen molar-refractivity contribution < 1.29 is 4.92 Å². The lowest BCUT2D eigenvalue weighted by atomic mass is 10.0. The number of nitrogens with one attached hydrogen (secondary N) is 1. The van der Waals surface area contributed by atoms with Crippen molar-refractivity contribution in [3.63, 3.8) is 0 Å². The Morgan fingerprint density at radius 2 is 1.90 bits per heavy atom. The summed E-state index contributed by atoms with van der Waals surface area (Å²) < 4.78 is 0. The number of nitro benzene ring substituents is 1. The maximum atomic E-state index is 11.0. The second-order valence-electron chi connectivity index (χ2n) is 5.81. The number of piperidine rings is 1. The summed E-state index contributed by atoms with van der Waals surface area (Å²) in [5.41, 5.74) is 0.998. The molecule has 0 unspecified atom stereocenters. The van der Waals surface area contributed by atoms with Crippen molar-refractivity contribution in [2.45, 2.75) is 44.3 Å². The first-order valence-electron chi connectivity index (χ1n) is 7.44. The molecule has 2 aliphatic rings. The van der Waals surface area contributed by atoms with Gasteiger partial charge in [0, 0.05) is 30.3 Å². The highest BCUT2D eigenvalue weighted by molar-refractivity contribution is 5.39. The summed E-state index contributed by atoms with van der Waals surface area (Å²) in [4.78, 5) is 13.3. The minimum absolute atomic E-state index is 0.218. The van der Waals surface area contributed by atoms with E-state index < -0.39 is 0 Å². The second-order valence-corrected chi connectivity index (χ2v) is 5.81. The summed E-state index contributed by atoms with van der Waals surface area (Å²) in [7, 11) is 0. The van der Waals surface area contributed by atoms with Crippen molar-refractivity contribution in [1.29, 1.82) is 0 Å². The van der Waals surface area contributed by atoms with E-state index in [1.165, 1.54) is 25.9 Å². The zero-order valence-corrected chi connectivity index (χ0v) is 11.6. The van der Waals surface area contributed by atoms with Gasteiger partial charge in [-0.25, -0.2) is 0 Å². The number of benzene rings is 1. The fourth-order valence-corrected chi connectivity index (χ4v) is 3.00. The number of hydrogen-bond acceptors (Lipinski definition) is 4. The Labute approximate surface area is 119 Å². The Morgan fingerprint density at radius 1 is 1.20 bits per heavy atom. The molecule has 1 aromatic carbocycles. The molecule has 1 aliphatic heterocycles. The molecule has 1 heterocycles. The Balaban J connectivity index is 1.51. The SMILES string of the molecule is O=[N+]([O-])c1ccccc1CNC1CCN(C2CC2)CC1. The predicted molar refractivity (Wildman–Crippen MR) is 77.6 cm³/mol. The molecule has 0 atom stereocenters. The van der Waals surface area contributed by atoms with Crippen LogP contribution in [-0.4, -0.2) is 35.0 Å². The lowest BCUT2D eigenvalue weighted by Gasteiger charge is -2.32. The molecule has 0 radical (unpaired) electrons. The van der Waals surface area contributed by atoms with Gasteiger partial charge in [-0.15, -0.1) is 0 Å². The molecule has 5 nitrogen and oxygen atoms in total. The molecule has 1 aromatic rings. The van der Waals surface area contributed by atoms with E-state index in [0.29, 0.717) is 12.6 Å². The molecule has 108 valence electrons. The van der Waals surface area contributed by atoms with Gasteiger partial charge in [0.25, 0.3) is 5.69 Å². The number of nitrogens with zero attached hydrogens (tertiary/aromatic N) is 2. The minimum atomic E-state index is -0.299. The Kier molecular flexibility index (Phi) is 3.98. The average molecular weight is 275 g/mol. The van der Waals surface area contributed by atoms with E-state index in [9.17, 15) is 10.1 Å². The number of hydrogen-bond donors (Lipinski definition) is 1. The Hall–Kier alpha value is -1.46. The van der Waals surface area contributed by atoms with Crippen molar-refractivity contribution in [2.75, 3.05) is 13.1 Å². The molecule has 1 saturated carbocycles. The standard InChI is InChI=1S/C15H21N3O2/c19-18(20)15-4-2-1-3-12(15)11-16-13-7-9-17(10-8-13)14-5-6-14/h1-4,13-14,16H,5-11H2. The summed E-state index contributed by atoms with van der Waals surface area (Å²) in [5, 5.41) is 14.5. The van der Waals surface area contributed by atoms with Crippen molar-refractivity contribution in [2.24, 2.45) is 0 Å². The third kappa shape index (κ3) is 3.16. The Bertz CT molecular complexity index is 480. The van der Waals surface area contributed by atoms with Crippen molar-refractivity contribution in [3.8, 4) is 0 Å². The van der Waals surface area contributed by atoms with Gasteiger partial charge >= 0.3 is 0 Å². The minimum Gasteiger partial charge on any atom is -0.310 e. The van der Waals surface area contributed by atoms with Crippen LogP contribution in [0.5, 0.6) is 0 Å². The van der Waals surface area contributed by atoms with Crippen molar-refractivity contribution >= 4 is 5.69 Å². The van der Waals surface area contributed by atoms with Crippen LogP contribution in [0.2, 0.25) is 0 Å². The molecule has 0 amide bonds. The Morgan fingerprint density at radius 3 is 2.55 bits per heavy atom. The van der Waals surface area contributed by atoms with Gasteiger partial charge in [0.15, 0.2) is 0 Å². The van der Waals surface area contributed by atoms with Gasteiger partial charge < -0.3 is 10.2 Å². The summed E-state index contributed by atoms with van der Waals surface area (Å²) in [6.45, 7) is 2.92. The first kappa shape index (κ1) is 13.5. The van der Waals surface area contributed by atoms with Gasteiger partial charge in [-0.3, -0.25) is 10.1 Å². The quantitative estimate of drug-likeness (QED) is 0.662. The molecule has 0 bridgehead atoms. The summed E-state index contributed by atoms with van der Waals surface area (Å²) in [6.07, 6.45) is 5.04. The van der Waals surface area contributed by atoms with E-state index in [4.69, 9.17) is 0 Å². The van der Waals surface area contributed by atoms with Crippen molar-refractivity contribution in [1.82, 2.24) is 10.2 Å². The second kappa shape index (κ2) is 5.89. The molecule has 1 saturated heterocycles. The van der Waals surface area contributed by atoms with Crippen LogP contribution in [0.25, 0.3) is 0 Å². The molecule has 2 fully saturated rings. The van der Waals surface area contributed by atoms with Crippen LogP contribution in [0.3, 0.4) is 0 Å². The maximum absolute atomic E-state index is 11.0. The molecule has 5 heteroatoms.